The third-order valence-corrected chi connectivity index (χ3v) is 16.0. The molecule has 12 nitrogen and oxygen atoms in total. The van der Waals surface area contributed by atoms with Crippen molar-refractivity contribution in [1.29, 1.82) is 10.5 Å². The third-order valence-electron chi connectivity index (χ3n) is 12.6. The molecule has 3 atom stereocenters. The molecule has 0 spiro atoms. The van der Waals surface area contributed by atoms with Gasteiger partial charge in [0, 0.05) is 53.8 Å². The SMILES string of the molecule is [B]C([B])([B])S(=O)(=O)N(C)C1=C(C/C=C/C2N(CCCCS(=O)[O-])c3ccc(C#N)cc3C2(C)C)CCC/C1=C\C=C1\N(CCCC(C)CS(=O)(=O)O)c2ccc(C#N)cc2C1(C)C. The van der Waals surface area contributed by atoms with E-state index in [4.69, 9.17) is 23.5 Å². The zero-order valence-corrected chi connectivity index (χ0v) is 39.5. The lowest BCUT2D eigenvalue weighted by Crippen LogP contribution is -2.48. The second kappa shape index (κ2) is 19.6. The summed E-state index contributed by atoms with van der Waals surface area (Å²) in [5.41, 5.74) is 6.78. The van der Waals surface area contributed by atoms with Crippen LogP contribution in [0.25, 0.3) is 0 Å². The molecule has 2 aromatic carbocycles. The second-order valence-corrected chi connectivity index (χ2v) is 22.8. The molecule has 3 aliphatic rings. The lowest BCUT2D eigenvalue weighted by Gasteiger charge is -2.36. The number of rotatable bonds is 18. The maximum absolute atomic E-state index is 13.9. The van der Waals surface area contributed by atoms with Crippen molar-refractivity contribution >= 4 is 66.1 Å². The van der Waals surface area contributed by atoms with Gasteiger partial charge in [0.25, 0.3) is 10.1 Å². The van der Waals surface area contributed by atoms with E-state index in [-0.39, 0.29) is 23.5 Å². The quantitative estimate of drug-likeness (QED) is 0.0588. The maximum Gasteiger partial charge on any atom is 0.265 e. The number of anilines is 2. The average Bonchev–Trinajstić information content (AvgIpc) is 3.54. The number of likely N-dealkylation sites (N-methyl/N-ethyl adjacent to an activating group) is 1. The van der Waals surface area contributed by atoms with Gasteiger partial charge in [-0.1, -0.05) is 63.9 Å². The van der Waals surface area contributed by atoms with Crippen molar-refractivity contribution in [2.24, 2.45) is 5.92 Å². The van der Waals surface area contributed by atoms with Crippen LogP contribution >= 0.6 is 0 Å². The van der Waals surface area contributed by atoms with Crippen molar-refractivity contribution in [1.82, 2.24) is 4.31 Å². The van der Waals surface area contributed by atoms with Crippen LogP contribution in [0.1, 0.15) is 108 Å². The molecule has 2 aliphatic heterocycles. The van der Waals surface area contributed by atoms with Crippen LogP contribution in [0.3, 0.4) is 0 Å². The number of fused-ring (bicyclic) bond motifs is 2. The van der Waals surface area contributed by atoms with E-state index in [1.807, 2.05) is 42.5 Å². The first-order valence-electron chi connectivity index (χ1n) is 21.1. The molecular weight excluding hydrogens is 851 g/mol. The van der Waals surface area contributed by atoms with Gasteiger partial charge in [0.2, 0.25) is 10.0 Å². The second-order valence-electron chi connectivity index (χ2n) is 18.0. The molecule has 6 radical (unpaired) electrons. The molecule has 3 unspecified atom stereocenters. The first-order valence-corrected chi connectivity index (χ1v) is 25.4. The van der Waals surface area contributed by atoms with E-state index in [2.05, 4.69) is 55.7 Å². The third kappa shape index (κ3) is 11.1. The van der Waals surface area contributed by atoms with Gasteiger partial charge in [0.15, 0.2) is 0 Å². The summed E-state index contributed by atoms with van der Waals surface area (Å²) >= 11 is -2.14. The fourth-order valence-electron chi connectivity index (χ4n) is 9.32. The smallest absolute Gasteiger partial charge is 0.265 e. The topological polar surface area (TPSA) is 186 Å². The Hall–Kier alpha value is -4.06. The molecule has 18 heteroatoms. The molecule has 0 saturated heterocycles. The van der Waals surface area contributed by atoms with Gasteiger partial charge in [-0.05, 0) is 126 Å². The number of allylic oxidation sites excluding steroid dienone is 6. The first kappa shape index (κ1) is 50.0. The average molecular weight is 907 g/mol. The monoisotopic (exact) mass is 906 g/mol. The number of unbranched alkanes of at least 4 members (excludes halogenated alkanes) is 1. The number of benzene rings is 2. The Morgan fingerprint density at radius 1 is 0.968 bits per heavy atom. The highest BCUT2D eigenvalue weighted by molar-refractivity contribution is 7.94. The number of nitrogens with zero attached hydrogens (tertiary/aromatic N) is 5. The minimum absolute atomic E-state index is 0.0666. The predicted molar refractivity (Wildman–Crippen MR) is 252 cm³/mol. The lowest BCUT2D eigenvalue weighted by molar-refractivity contribution is 0.460. The Bertz CT molecular complexity index is 2540. The highest BCUT2D eigenvalue weighted by Crippen LogP contribution is 2.49. The molecule has 2 heterocycles. The van der Waals surface area contributed by atoms with E-state index in [0.29, 0.717) is 74.9 Å². The number of hydrogen-bond acceptors (Lipinski definition) is 10. The van der Waals surface area contributed by atoms with E-state index in [9.17, 15) is 40.7 Å². The summed E-state index contributed by atoms with van der Waals surface area (Å²) in [4.78, 5) is 4.40. The number of hydrogen-bond donors (Lipinski definition) is 1. The highest BCUT2D eigenvalue weighted by atomic mass is 32.2. The van der Waals surface area contributed by atoms with Crippen LogP contribution in [0.15, 0.2) is 83.2 Å². The van der Waals surface area contributed by atoms with Crippen LogP contribution in [0, 0.1) is 28.6 Å². The van der Waals surface area contributed by atoms with Gasteiger partial charge in [-0.3, -0.25) is 13.1 Å². The largest absolute Gasteiger partial charge is 0.772 e. The molecule has 1 aliphatic carbocycles. The normalized spacial score (nSPS) is 20.8. The minimum Gasteiger partial charge on any atom is -0.772 e. The molecule has 2 aromatic rings. The number of sulfonamides is 1. The van der Waals surface area contributed by atoms with Crippen LogP contribution in [0.5, 0.6) is 0 Å². The van der Waals surface area contributed by atoms with Crippen molar-refractivity contribution in [3.63, 3.8) is 0 Å². The van der Waals surface area contributed by atoms with E-state index in [0.717, 1.165) is 50.1 Å². The van der Waals surface area contributed by atoms with E-state index in [1.165, 1.54) is 7.05 Å². The van der Waals surface area contributed by atoms with E-state index < -0.39 is 46.5 Å². The Kier molecular flexibility index (Phi) is 15.5. The van der Waals surface area contributed by atoms with E-state index >= 15 is 0 Å². The van der Waals surface area contributed by atoms with Crippen LogP contribution in [-0.2, 0) is 42.1 Å². The van der Waals surface area contributed by atoms with E-state index in [1.54, 1.807) is 19.1 Å². The fourth-order valence-corrected chi connectivity index (χ4v) is 11.6. The molecule has 0 aromatic heterocycles. The van der Waals surface area contributed by atoms with Gasteiger partial charge in [0.1, 0.15) is 0 Å². The van der Waals surface area contributed by atoms with Crippen LogP contribution in [-0.4, -0.2) is 100 Å². The number of nitriles is 2. The Morgan fingerprint density at radius 2 is 1.60 bits per heavy atom. The molecule has 63 heavy (non-hydrogen) atoms. The van der Waals surface area contributed by atoms with Gasteiger partial charge < -0.3 is 14.4 Å². The molecular formula is C45H55B3N5O7S3-. The zero-order valence-electron chi connectivity index (χ0n) is 37.0. The fraction of sp³-hybridized carbons (Fsp3) is 0.511. The Morgan fingerprint density at radius 3 is 2.21 bits per heavy atom. The predicted octanol–water partition coefficient (Wildman–Crippen LogP) is 6.23. The van der Waals surface area contributed by atoms with Gasteiger partial charge in [0.05, 0.1) is 64.3 Å². The molecule has 0 fully saturated rings. The molecule has 0 saturated carbocycles. The van der Waals surface area contributed by atoms with Crippen molar-refractivity contribution in [2.45, 2.75) is 107 Å². The van der Waals surface area contributed by atoms with Crippen molar-refractivity contribution < 1.29 is 30.1 Å². The summed E-state index contributed by atoms with van der Waals surface area (Å²) in [6.45, 7) is 11.2. The van der Waals surface area contributed by atoms with Crippen LogP contribution < -0.4 is 9.80 Å². The molecule has 0 bridgehead atoms. The van der Waals surface area contributed by atoms with Crippen LogP contribution in [0.2, 0.25) is 0 Å². The standard InChI is InChI=1S/C45H56B3N5O7S3/c1-31(30-62(56,57)58)12-11-24-53-39-21-18-33(29-50)27-37(39)44(4,5)41(53)22-19-35-14-9-13-34(42(35)51(6)63(59,60)45(46,47)48)15-10-16-40-43(2,3)36-26-32(28-49)17-20-38(36)52(40)23-7-8-25-61(54)55/h10,16-22,26-27,31,40H,7-9,11-15,23-25,30H2,1-6H3,(H,54,55)(H,56,57,58)/p-1/b16-10+,35-19+,41-22+. The molecule has 330 valence electrons. The highest BCUT2D eigenvalue weighted by Gasteiger charge is 2.44. The summed E-state index contributed by atoms with van der Waals surface area (Å²) in [6.07, 6.45) is 12.6. The van der Waals surface area contributed by atoms with Crippen molar-refractivity contribution in [3.8, 4) is 12.1 Å². The van der Waals surface area contributed by atoms with Gasteiger partial charge in [-0.2, -0.15) is 18.9 Å². The lowest BCUT2D eigenvalue weighted by atomic mass is 9.56. The minimum atomic E-state index is -4.48. The molecule has 0 amide bonds. The summed E-state index contributed by atoms with van der Waals surface area (Å²) in [5, 5.41) is 19.5. The maximum atomic E-state index is 13.9. The summed E-state index contributed by atoms with van der Waals surface area (Å²) < 4.78 is 81.4. The first-order chi connectivity index (χ1) is 29.3. The van der Waals surface area contributed by atoms with Crippen molar-refractivity contribution in [2.75, 3.05) is 41.4 Å². The van der Waals surface area contributed by atoms with Crippen molar-refractivity contribution in [3.05, 3.63) is 105 Å². The molecule has 5 rings (SSSR count). The van der Waals surface area contributed by atoms with Gasteiger partial charge >= 0.3 is 0 Å². The van der Waals surface area contributed by atoms with Gasteiger partial charge in [-0.25, -0.2) is 8.42 Å². The Balaban J connectivity index is 1.56. The Labute approximate surface area is 381 Å². The summed E-state index contributed by atoms with van der Waals surface area (Å²) in [5.74, 6) is -0.547. The molecule has 1 N–H and O–H groups in total. The van der Waals surface area contributed by atoms with Gasteiger partial charge in [-0.15, -0.1) is 0 Å². The van der Waals surface area contributed by atoms with Crippen LogP contribution in [0.4, 0.5) is 11.4 Å². The zero-order chi connectivity index (χ0) is 46.7. The summed E-state index contributed by atoms with van der Waals surface area (Å²) in [6, 6.07) is 15.5. The summed E-state index contributed by atoms with van der Waals surface area (Å²) in [7, 11) is 10.5.